The van der Waals surface area contributed by atoms with Gasteiger partial charge in [0.15, 0.2) is 0 Å². The fourth-order valence-corrected chi connectivity index (χ4v) is 5.10. The zero-order chi connectivity index (χ0) is 24.8. The Morgan fingerprint density at radius 2 is 1.77 bits per heavy atom. The molecule has 1 heterocycles. The van der Waals surface area contributed by atoms with Crippen molar-refractivity contribution in [1.82, 2.24) is 10.2 Å². The van der Waals surface area contributed by atoms with Crippen LogP contribution in [0.3, 0.4) is 0 Å². The van der Waals surface area contributed by atoms with Crippen LogP contribution in [0.4, 0.5) is 10.1 Å². The molecule has 0 bridgehead atoms. The lowest BCUT2D eigenvalue weighted by molar-refractivity contribution is -0.124. The predicted molar refractivity (Wildman–Crippen MR) is 143 cm³/mol. The Bertz CT molecular complexity index is 1000. The first kappa shape index (κ1) is 28.8. The van der Waals surface area contributed by atoms with Gasteiger partial charge in [-0.25, -0.2) is 4.39 Å². The van der Waals surface area contributed by atoms with E-state index in [1.54, 1.807) is 6.07 Å². The van der Waals surface area contributed by atoms with E-state index in [0.717, 1.165) is 42.9 Å². The quantitative estimate of drug-likeness (QED) is 0.513. The number of carbonyl (C=O) groups is 2. The number of nitrogens with one attached hydrogen (secondary N) is 1. The van der Waals surface area contributed by atoms with Crippen molar-refractivity contribution < 1.29 is 14.0 Å². The Balaban J connectivity index is 0.00000432. The van der Waals surface area contributed by atoms with Crippen molar-refractivity contribution in [3.63, 3.8) is 0 Å². The van der Waals surface area contributed by atoms with Crippen molar-refractivity contribution in [2.24, 2.45) is 11.8 Å². The van der Waals surface area contributed by atoms with Gasteiger partial charge in [-0.3, -0.25) is 9.59 Å². The van der Waals surface area contributed by atoms with Crippen LogP contribution in [0.25, 0.3) is 0 Å². The Morgan fingerprint density at radius 3 is 2.37 bits per heavy atom. The molecular formula is C28H39ClFN3O2. The van der Waals surface area contributed by atoms with Gasteiger partial charge in [-0.1, -0.05) is 39.0 Å². The summed E-state index contributed by atoms with van der Waals surface area (Å²) in [5.41, 5.74) is 3.98. The van der Waals surface area contributed by atoms with Crippen LogP contribution >= 0.6 is 12.4 Å². The third kappa shape index (κ3) is 7.05. The molecule has 0 radical (unpaired) electrons. The van der Waals surface area contributed by atoms with Crippen molar-refractivity contribution >= 4 is 29.9 Å². The van der Waals surface area contributed by atoms with Crippen LogP contribution in [0, 0.1) is 31.5 Å². The topological polar surface area (TPSA) is 52.7 Å². The van der Waals surface area contributed by atoms with E-state index in [-0.39, 0.29) is 41.9 Å². The summed E-state index contributed by atoms with van der Waals surface area (Å²) in [6.45, 7) is 14.0. The number of hydrogen-bond donors (Lipinski definition) is 1. The normalized spacial score (nSPS) is 17.9. The zero-order valence-corrected chi connectivity index (χ0v) is 22.4. The number of piperidine rings is 1. The maximum atomic E-state index is 14.2. The third-order valence-electron chi connectivity index (χ3n) is 6.91. The molecule has 5 nitrogen and oxygen atoms in total. The molecule has 3 rings (SSSR count). The molecule has 0 unspecified atom stereocenters. The first-order chi connectivity index (χ1) is 16.2. The van der Waals surface area contributed by atoms with Crippen LogP contribution in [-0.4, -0.2) is 49.4 Å². The highest BCUT2D eigenvalue weighted by atomic mass is 35.5. The van der Waals surface area contributed by atoms with Crippen LogP contribution in [0.5, 0.6) is 0 Å². The van der Waals surface area contributed by atoms with Gasteiger partial charge in [-0.15, -0.1) is 12.4 Å². The molecule has 1 aliphatic heterocycles. The predicted octanol–water partition coefficient (Wildman–Crippen LogP) is 5.17. The van der Waals surface area contributed by atoms with Gasteiger partial charge < -0.3 is 15.1 Å². The van der Waals surface area contributed by atoms with E-state index in [9.17, 15) is 14.0 Å². The van der Waals surface area contributed by atoms with Crippen molar-refractivity contribution in [3.8, 4) is 0 Å². The van der Waals surface area contributed by atoms with E-state index in [0.29, 0.717) is 30.6 Å². The minimum Gasteiger partial charge on any atom is -0.351 e. The van der Waals surface area contributed by atoms with Crippen LogP contribution in [0.1, 0.15) is 54.2 Å². The summed E-state index contributed by atoms with van der Waals surface area (Å²) in [4.78, 5) is 30.0. The summed E-state index contributed by atoms with van der Waals surface area (Å²) < 4.78 is 14.2. The van der Waals surface area contributed by atoms with Gasteiger partial charge in [0, 0.05) is 36.8 Å². The molecule has 0 saturated carbocycles. The first-order valence-corrected chi connectivity index (χ1v) is 12.4. The molecule has 1 aliphatic rings. The molecule has 7 heteroatoms. The van der Waals surface area contributed by atoms with E-state index in [1.165, 1.54) is 6.07 Å². The average molecular weight is 504 g/mol. The van der Waals surface area contributed by atoms with E-state index >= 15 is 0 Å². The number of halogens is 2. The van der Waals surface area contributed by atoms with Crippen molar-refractivity contribution in [2.75, 3.05) is 37.6 Å². The number of amides is 2. The average Bonchev–Trinajstić information content (AvgIpc) is 2.80. The van der Waals surface area contributed by atoms with E-state index in [2.05, 4.69) is 24.1 Å². The fourth-order valence-electron chi connectivity index (χ4n) is 5.10. The monoisotopic (exact) mass is 503 g/mol. The molecule has 192 valence electrons. The molecule has 2 aromatic carbocycles. The van der Waals surface area contributed by atoms with E-state index in [4.69, 9.17) is 0 Å². The molecule has 2 aromatic rings. The second kappa shape index (κ2) is 13.0. The Labute approximate surface area is 215 Å². The number of hydrogen-bond acceptors (Lipinski definition) is 3. The molecule has 0 aliphatic carbocycles. The van der Waals surface area contributed by atoms with Crippen LogP contribution in [0.15, 0.2) is 36.4 Å². The Morgan fingerprint density at radius 1 is 1.14 bits per heavy atom. The number of likely N-dealkylation sites (N-methyl/N-ethyl adjacent to an activating group) is 1. The van der Waals surface area contributed by atoms with Crippen LogP contribution in [-0.2, 0) is 11.2 Å². The molecule has 0 spiro atoms. The SMILES string of the molecule is CCN(CC)CCNC(=O)c1cc(C)c(N2C[C@@H](Cc3ccccc3F)C[C@@H](C)C2=O)c(C)c1.Cl. The fraction of sp³-hybridized carbons (Fsp3) is 0.500. The van der Waals surface area contributed by atoms with E-state index in [1.807, 2.05) is 49.9 Å². The lowest BCUT2D eigenvalue weighted by atomic mass is 9.84. The number of anilines is 1. The molecular weight excluding hydrogens is 465 g/mol. The van der Waals surface area contributed by atoms with Crippen molar-refractivity contribution in [3.05, 3.63) is 64.5 Å². The van der Waals surface area contributed by atoms with Gasteiger partial charge in [0.05, 0.1) is 0 Å². The highest BCUT2D eigenvalue weighted by Gasteiger charge is 2.34. The zero-order valence-electron chi connectivity index (χ0n) is 21.6. The van der Waals surface area contributed by atoms with Gasteiger partial charge in [0.1, 0.15) is 5.82 Å². The molecule has 0 aromatic heterocycles. The highest BCUT2D eigenvalue weighted by Crippen LogP contribution is 2.34. The van der Waals surface area contributed by atoms with Crippen LogP contribution < -0.4 is 10.2 Å². The molecule has 1 fully saturated rings. The van der Waals surface area contributed by atoms with E-state index < -0.39 is 0 Å². The number of nitrogens with zero attached hydrogens (tertiary/aromatic N) is 2. The smallest absolute Gasteiger partial charge is 0.251 e. The summed E-state index contributed by atoms with van der Waals surface area (Å²) in [6.07, 6.45) is 1.35. The Hall–Kier alpha value is -2.44. The van der Waals surface area contributed by atoms with Gasteiger partial charge in [-0.05, 0) is 80.6 Å². The summed E-state index contributed by atoms with van der Waals surface area (Å²) in [5, 5.41) is 3.01. The molecule has 2 atom stereocenters. The van der Waals surface area contributed by atoms with Gasteiger partial charge >= 0.3 is 0 Å². The number of benzene rings is 2. The maximum absolute atomic E-state index is 14.2. The molecule has 1 N–H and O–H groups in total. The van der Waals surface area contributed by atoms with Crippen molar-refractivity contribution in [1.29, 1.82) is 0 Å². The number of carbonyl (C=O) groups excluding carboxylic acids is 2. The third-order valence-corrected chi connectivity index (χ3v) is 6.91. The highest BCUT2D eigenvalue weighted by molar-refractivity contribution is 5.99. The minimum absolute atomic E-state index is 0. The molecule has 35 heavy (non-hydrogen) atoms. The van der Waals surface area contributed by atoms with Crippen molar-refractivity contribution in [2.45, 2.75) is 47.5 Å². The van der Waals surface area contributed by atoms with Gasteiger partial charge in [-0.2, -0.15) is 0 Å². The van der Waals surface area contributed by atoms with Crippen LogP contribution in [0.2, 0.25) is 0 Å². The van der Waals surface area contributed by atoms with Gasteiger partial charge in [0.25, 0.3) is 5.91 Å². The number of aryl methyl sites for hydroxylation is 2. The largest absolute Gasteiger partial charge is 0.351 e. The second-order valence-electron chi connectivity index (χ2n) is 9.49. The Kier molecular flexibility index (Phi) is 10.7. The lowest BCUT2D eigenvalue weighted by Crippen LogP contribution is -2.46. The second-order valence-corrected chi connectivity index (χ2v) is 9.49. The maximum Gasteiger partial charge on any atom is 0.251 e. The van der Waals surface area contributed by atoms with Gasteiger partial charge in [0.2, 0.25) is 5.91 Å². The summed E-state index contributed by atoms with van der Waals surface area (Å²) >= 11 is 0. The first-order valence-electron chi connectivity index (χ1n) is 12.4. The standard InChI is InChI=1S/C28H38FN3O2.ClH/c1-6-31(7-2)13-12-30-27(33)24-15-19(3)26(20(4)16-24)32-18-22(14-21(5)28(32)34)17-23-10-8-9-11-25(23)29;/h8-11,15-16,21-22H,6-7,12-14,17-18H2,1-5H3,(H,30,33);1H/t21-,22-;/m1./s1. The summed E-state index contributed by atoms with van der Waals surface area (Å²) in [5.74, 6) is -0.158. The minimum atomic E-state index is -0.192. The lowest BCUT2D eigenvalue weighted by Gasteiger charge is -2.38. The summed E-state index contributed by atoms with van der Waals surface area (Å²) in [6, 6.07) is 10.6. The molecule has 2 amide bonds. The number of rotatable bonds is 9. The molecule has 1 saturated heterocycles. The summed E-state index contributed by atoms with van der Waals surface area (Å²) in [7, 11) is 0.